The fourth-order valence-corrected chi connectivity index (χ4v) is 2.72. The standard InChI is InChI=1S/C12H24N2OS/c1-9(2)10(3)14-12(15)8-13-11-4-6-16-7-5-11/h9-11,13H,4-8H2,1-3H3,(H,14,15). The van der Waals surface area contributed by atoms with Crippen LogP contribution in [0.2, 0.25) is 0 Å². The van der Waals surface area contributed by atoms with Gasteiger partial charge in [-0.1, -0.05) is 13.8 Å². The SMILES string of the molecule is CC(C)C(C)NC(=O)CNC1CCSCC1. The van der Waals surface area contributed by atoms with Crippen molar-refractivity contribution in [3.8, 4) is 0 Å². The van der Waals surface area contributed by atoms with Crippen LogP contribution in [0.3, 0.4) is 0 Å². The second-order valence-corrected chi connectivity index (χ2v) is 6.09. The van der Waals surface area contributed by atoms with Gasteiger partial charge in [0.05, 0.1) is 6.54 Å². The first kappa shape index (κ1) is 13.8. The van der Waals surface area contributed by atoms with Gasteiger partial charge in [-0.15, -0.1) is 0 Å². The minimum Gasteiger partial charge on any atom is -0.352 e. The van der Waals surface area contributed by atoms with Gasteiger partial charge in [0.15, 0.2) is 0 Å². The zero-order chi connectivity index (χ0) is 12.0. The summed E-state index contributed by atoms with van der Waals surface area (Å²) in [6, 6.07) is 0.803. The van der Waals surface area contributed by atoms with Crippen LogP contribution >= 0.6 is 11.8 Å². The van der Waals surface area contributed by atoms with Gasteiger partial charge in [-0.25, -0.2) is 0 Å². The summed E-state index contributed by atoms with van der Waals surface area (Å²) in [5.74, 6) is 3.07. The summed E-state index contributed by atoms with van der Waals surface area (Å²) in [7, 11) is 0. The third-order valence-corrected chi connectivity index (χ3v) is 4.21. The van der Waals surface area contributed by atoms with Crippen molar-refractivity contribution >= 4 is 17.7 Å². The summed E-state index contributed by atoms with van der Waals surface area (Å²) in [5, 5.41) is 6.35. The monoisotopic (exact) mass is 244 g/mol. The Hall–Kier alpha value is -0.220. The number of nitrogens with one attached hydrogen (secondary N) is 2. The molecule has 1 rings (SSSR count). The van der Waals surface area contributed by atoms with Gasteiger partial charge in [0, 0.05) is 12.1 Å². The van der Waals surface area contributed by atoms with E-state index in [1.165, 1.54) is 24.3 Å². The second-order valence-electron chi connectivity index (χ2n) is 4.87. The van der Waals surface area contributed by atoms with Crippen molar-refractivity contribution in [2.45, 2.75) is 45.7 Å². The zero-order valence-electron chi connectivity index (χ0n) is 10.6. The molecule has 2 N–H and O–H groups in total. The molecule has 1 amide bonds. The molecule has 0 aliphatic carbocycles. The lowest BCUT2D eigenvalue weighted by Crippen LogP contribution is -2.44. The van der Waals surface area contributed by atoms with E-state index in [2.05, 4.69) is 31.4 Å². The van der Waals surface area contributed by atoms with Crippen molar-refractivity contribution in [3.63, 3.8) is 0 Å². The molecule has 3 nitrogen and oxygen atoms in total. The molecule has 0 bridgehead atoms. The molecule has 1 unspecified atom stereocenters. The summed E-state index contributed by atoms with van der Waals surface area (Å²) in [6.45, 7) is 6.76. The van der Waals surface area contributed by atoms with Crippen LogP contribution in [0.15, 0.2) is 0 Å². The molecule has 1 aliphatic heterocycles. The predicted molar refractivity (Wildman–Crippen MR) is 70.8 cm³/mol. The Labute approximate surface area is 103 Å². The van der Waals surface area contributed by atoms with Gasteiger partial charge in [-0.05, 0) is 37.2 Å². The van der Waals surface area contributed by atoms with Crippen molar-refractivity contribution in [1.29, 1.82) is 0 Å². The summed E-state index contributed by atoms with van der Waals surface area (Å²) >= 11 is 2.01. The van der Waals surface area contributed by atoms with Crippen LogP contribution in [-0.4, -0.2) is 36.0 Å². The van der Waals surface area contributed by atoms with Crippen molar-refractivity contribution in [2.24, 2.45) is 5.92 Å². The normalized spacial score (nSPS) is 19.8. The number of carbonyl (C=O) groups is 1. The fourth-order valence-electron chi connectivity index (χ4n) is 1.61. The van der Waals surface area contributed by atoms with Crippen molar-refractivity contribution in [1.82, 2.24) is 10.6 Å². The van der Waals surface area contributed by atoms with Crippen LogP contribution < -0.4 is 10.6 Å². The van der Waals surface area contributed by atoms with E-state index >= 15 is 0 Å². The molecule has 1 fully saturated rings. The van der Waals surface area contributed by atoms with Gasteiger partial charge in [-0.3, -0.25) is 4.79 Å². The maximum Gasteiger partial charge on any atom is 0.234 e. The van der Waals surface area contributed by atoms with E-state index in [-0.39, 0.29) is 11.9 Å². The van der Waals surface area contributed by atoms with Gasteiger partial charge >= 0.3 is 0 Å². The van der Waals surface area contributed by atoms with Gasteiger partial charge in [0.1, 0.15) is 0 Å². The van der Waals surface area contributed by atoms with Crippen LogP contribution in [-0.2, 0) is 4.79 Å². The Morgan fingerprint density at radius 1 is 1.31 bits per heavy atom. The van der Waals surface area contributed by atoms with Crippen LogP contribution in [0, 0.1) is 5.92 Å². The number of hydrogen-bond acceptors (Lipinski definition) is 3. The Kier molecular flexibility index (Phi) is 6.21. The highest BCUT2D eigenvalue weighted by Gasteiger charge is 2.15. The Morgan fingerprint density at radius 2 is 1.94 bits per heavy atom. The van der Waals surface area contributed by atoms with Crippen molar-refractivity contribution in [3.05, 3.63) is 0 Å². The minimum absolute atomic E-state index is 0.124. The lowest BCUT2D eigenvalue weighted by molar-refractivity contribution is -0.121. The first-order valence-corrected chi connectivity index (χ1v) is 7.35. The Morgan fingerprint density at radius 3 is 2.50 bits per heavy atom. The maximum atomic E-state index is 11.6. The van der Waals surface area contributed by atoms with E-state index in [1.54, 1.807) is 0 Å². The number of rotatable bonds is 5. The van der Waals surface area contributed by atoms with Gasteiger partial charge in [0.2, 0.25) is 5.91 Å². The minimum atomic E-state index is 0.124. The third-order valence-electron chi connectivity index (χ3n) is 3.16. The molecule has 0 radical (unpaired) electrons. The van der Waals surface area contributed by atoms with Gasteiger partial charge < -0.3 is 10.6 Å². The third kappa shape index (κ3) is 5.21. The molecule has 0 aromatic carbocycles. The van der Waals surface area contributed by atoms with Crippen molar-refractivity contribution < 1.29 is 4.79 Å². The molecule has 0 saturated carbocycles. The molecular formula is C12H24N2OS. The highest BCUT2D eigenvalue weighted by atomic mass is 32.2. The molecule has 16 heavy (non-hydrogen) atoms. The summed E-state index contributed by atoms with van der Waals surface area (Å²) in [6.07, 6.45) is 2.38. The van der Waals surface area contributed by atoms with Gasteiger partial charge in [-0.2, -0.15) is 11.8 Å². The molecule has 4 heteroatoms. The molecule has 1 saturated heterocycles. The van der Waals surface area contributed by atoms with E-state index < -0.39 is 0 Å². The molecule has 0 spiro atoms. The lowest BCUT2D eigenvalue weighted by Gasteiger charge is -2.23. The molecule has 1 aliphatic rings. The Bertz CT molecular complexity index is 215. The highest BCUT2D eigenvalue weighted by molar-refractivity contribution is 7.99. The maximum absolute atomic E-state index is 11.6. The highest BCUT2D eigenvalue weighted by Crippen LogP contribution is 2.16. The average Bonchev–Trinajstić information content (AvgIpc) is 2.27. The molecule has 0 aromatic heterocycles. The smallest absolute Gasteiger partial charge is 0.234 e. The van der Waals surface area contributed by atoms with E-state index in [0.29, 0.717) is 18.5 Å². The van der Waals surface area contributed by atoms with E-state index in [4.69, 9.17) is 0 Å². The number of carbonyl (C=O) groups excluding carboxylic acids is 1. The number of hydrogen-bond donors (Lipinski definition) is 2. The number of thioether (sulfide) groups is 1. The quantitative estimate of drug-likeness (QED) is 0.772. The lowest BCUT2D eigenvalue weighted by atomic mass is 10.1. The van der Waals surface area contributed by atoms with E-state index in [9.17, 15) is 4.79 Å². The molecule has 1 atom stereocenters. The Balaban J connectivity index is 2.14. The first-order chi connectivity index (χ1) is 7.59. The number of amides is 1. The van der Waals surface area contributed by atoms with E-state index in [0.717, 1.165) is 0 Å². The summed E-state index contributed by atoms with van der Waals surface area (Å²) in [4.78, 5) is 11.6. The van der Waals surface area contributed by atoms with Crippen LogP contribution in [0.5, 0.6) is 0 Å². The molecular weight excluding hydrogens is 220 g/mol. The van der Waals surface area contributed by atoms with Crippen LogP contribution in [0.25, 0.3) is 0 Å². The van der Waals surface area contributed by atoms with Gasteiger partial charge in [0.25, 0.3) is 0 Å². The fraction of sp³-hybridized carbons (Fsp3) is 0.917. The van der Waals surface area contributed by atoms with Crippen LogP contribution in [0.1, 0.15) is 33.6 Å². The molecule has 0 aromatic rings. The topological polar surface area (TPSA) is 41.1 Å². The van der Waals surface area contributed by atoms with Crippen LogP contribution in [0.4, 0.5) is 0 Å². The zero-order valence-corrected chi connectivity index (χ0v) is 11.4. The summed E-state index contributed by atoms with van der Waals surface area (Å²) in [5.41, 5.74) is 0. The molecule has 94 valence electrons. The largest absolute Gasteiger partial charge is 0.352 e. The molecule has 1 heterocycles. The average molecular weight is 244 g/mol. The predicted octanol–water partition coefficient (Wildman–Crippen LogP) is 1.63. The second kappa shape index (κ2) is 7.17. The van der Waals surface area contributed by atoms with E-state index in [1.807, 2.05) is 11.8 Å². The van der Waals surface area contributed by atoms with Crippen molar-refractivity contribution in [2.75, 3.05) is 18.1 Å². The first-order valence-electron chi connectivity index (χ1n) is 6.20. The summed E-state index contributed by atoms with van der Waals surface area (Å²) < 4.78 is 0.